The van der Waals surface area contributed by atoms with Gasteiger partial charge in [0.15, 0.2) is 0 Å². The van der Waals surface area contributed by atoms with Crippen LogP contribution in [-0.2, 0) is 9.53 Å². The Morgan fingerprint density at radius 2 is 2.00 bits per heavy atom. The van der Waals surface area contributed by atoms with Gasteiger partial charge in [-0.05, 0) is 20.9 Å². The van der Waals surface area contributed by atoms with Crippen LogP contribution in [0.1, 0.15) is 20.3 Å². The summed E-state index contributed by atoms with van der Waals surface area (Å²) < 4.78 is 40.2. The summed E-state index contributed by atoms with van der Waals surface area (Å²) in [7, 11) is 1.52. The second kappa shape index (κ2) is 5.49. The quantitative estimate of drug-likeness (QED) is 0.724. The molecule has 0 heterocycles. The van der Waals surface area contributed by atoms with Gasteiger partial charge in [0.1, 0.15) is 6.61 Å². The molecule has 96 valence electrons. The van der Waals surface area contributed by atoms with E-state index in [4.69, 9.17) is 5.73 Å². The van der Waals surface area contributed by atoms with Crippen molar-refractivity contribution >= 4 is 5.91 Å². The molecule has 0 aliphatic heterocycles. The number of carbonyl (C=O) groups is 1. The van der Waals surface area contributed by atoms with E-state index in [2.05, 4.69) is 10.1 Å². The monoisotopic (exact) mass is 242 g/mol. The SMILES string of the molecule is CNC(C)(CC(C)OCC(F)(F)F)C(N)=O. The molecule has 4 nitrogen and oxygen atoms in total. The predicted molar refractivity (Wildman–Crippen MR) is 52.7 cm³/mol. The fraction of sp³-hybridized carbons (Fsp3) is 0.889. The van der Waals surface area contributed by atoms with Crippen LogP contribution in [0.25, 0.3) is 0 Å². The minimum absolute atomic E-state index is 0.0783. The first kappa shape index (κ1) is 15.2. The second-order valence-electron chi connectivity index (χ2n) is 3.89. The first-order valence-corrected chi connectivity index (χ1v) is 4.78. The molecule has 2 unspecified atom stereocenters. The van der Waals surface area contributed by atoms with Gasteiger partial charge in [-0.1, -0.05) is 0 Å². The van der Waals surface area contributed by atoms with Crippen molar-refractivity contribution in [1.82, 2.24) is 5.32 Å². The molecule has 1 amide bonds. The Morgan fingerprint density at radius 1 is 1.50 bits per heavy atom. The first-order chi connectivity index (χ1) is 7.10. The van der Waals surface area contributed by atoms with E-state index in [0.29, 0.717) is 0 Å². The molecule has 0 spiro atoms. The van der Waals surface area contributed by atoms with Gasteiger partial charge in [0.05, 0.1) is 11.6 Å². The third-order valence-electron chi connectivity index (χ3n) is 2.32. The average molecular weight is 242 g/mol. The molecule has 0 fully saturated rings. The van der Waals surface area contributed by atoms with Crippen LogP contribution in [0, 0.1) is 0 Å². The van der Waals surface area contributed by atoms with E-state index in [0.717, 1.165) is 0 Å². The van der Waals surface area contributed by atoms with Crippen LogP contribution < -0.4 is 11.1 Å². The molecule has 0 aliphatic rings. The average Bonchev–Trinajstić information content (AvgIpc) is 2.13. The van der Waals surface area contributed by atoms with Crippen molar-refractivity contribution in [3.05, 3.63) is 0 Å². The van der Waals surface area contributed by atoms with Gasteiger partial charge in [-0.15, -0.1) is 0 Å². The highest BCUT2D eigenvalue weighted by Crippen LogP contribution is 2.19. The largest absolute Gasteiger partial charge is 0.411 e. The molecule has 0 aromatic rings. The minimum atomic E-state index is -4.36. The van der Waals surface area contributed by atoms with Gasteiger partial charge in [0, 0.05) is 6.42 Å². The van der Waals surface area contributed by atoms with Crippen LogP contribution in [0.2, 0.25) is 0 Å². The zero-order valence-electron chi connectivity index (χ0n) is 9.52. The fourth-order valence-electron chi connectivity index (χ4n) is 1.20. The van der Waals surface area contributed by atoms with Crippen molar-refractivity contribution in [2.24, 2.45) is 5.73 Å². The Labute approximate surface area is 92.3 Å². The summed E-state index contributed by atoms with van der Waals surface area (Å²) in [5, 5.41) is 2.67. The number of hydrogen-bond donors (Lipinski definition) is 2. The number of alkyl halides is 3. The molecule has 0 rings (SSSR count). The van der Waals surface area contributed by atoms with Gasteiger partial charge in [0.2, 0.25) is 5.91 Å². The van der Waals surface area contributed by atoms with Gasteiger partial charge in [-0.25, -0.2) is 0 Å². The maximum absolute atomic E-state index is 11.9. The highest BCUT2D eigenvalue weighted by Gasteiger charge is 2.33. The molecule has 0 aliphatic carbocycles. The lowest BCUT2D eigenvalue weighted by Crippen LogP contribution is -2.53. The Morgan fingerprint density at radius 3 is 2.31 bits per heavy atom. The van der Waals surface area contributed by atoms with E-state index in [1.807, 2.05) is 0 Å². The Hall–Kier alpha value is -0.820. The van der Waals surface area contributed by atoms with Gasteiger partial charge in [-0.3, -0.25) is 4.79 Å². The number of rotatable bonds is 6. The zero-order valence-corrected chi connectivity index (χ0v) is 9.52. The van der Waals surface area contributed by atoms with E-state index >= 15 is 0 Å². The summed E-state index contributed by atoms with van der Waals surface area (Å²) in [4.78, 5) is 11.1. The number of primary amides is 1. The number of amides is 1. The lowest BCUT2D eigenvalue weighted by molar-refractivity contribution is -0.185. The molecule has 0 aromatic carbocycles. The van der Waals surface area contributed by atoms with Gasteiger partial charge >= 0.3 is 6.18 Å². The van der Waals surface area contributed by atoms with Crippen LogP contribution >= 0.6 is 0 Å². The Bertz CT molecular complexity index is 245. The molecule has 0 radical (unpaired) electrons. The molecule has 0 saturated carbocycles. The van der Waals surface area contributed by atoms with Crippen molar-refractivity contribution in [2.45, 2.75) is 38.1 Å². The highest BCUT2D eigenvalue weighted by atomic mass is 19.4. The molecule has 16 heavy (non-hydrogen) atoms. The molecule has 0 saturated heterocycles. The van der Waals surface area contributed by atoms with E-state index in [-0.39, 0.29) is 6.42 Å². The van der Waals surface area contributed by atoms with Gasteiger partial charge < -0.3 is 15.8 Å². The van der Waals surface area contributed by atoms with Gasteiger partial charge in [-0.2, -0.15) is 13.2 Å². The second-order valence-corrected chi connectivity index (χ2v) is 3.89. The van der Waals surface area contributed by atoms with Crippen LogP contribution in [0.4, 0.5) is 13.2 Å². The van der Waals surface area contributed by atoms with Gasteiger partial charge in [0.25, 0.3) is 0 Å². The summed E-state index contributed by atoms with van der Waals surface area (Å²) in [6.07, 6.45) is -5.00. The predicted octanol–water partition coefficient (Wildman–Crippen LogP) is 0.807. The van der Waals surface area contributed by atoms with Crippen molar-refractivity contribution < 1.29 is 22.7 Å². The summed E-state index contributed by atoms with van der Waals surface area (Å²) in [6, 6.07) is 0. The van der Waals surface area contributed by atoms with E-state index in [1.54, 1.807) is 0 Å². The molecule has 0 aromatic heterocycles. The number of nitrogens with one attached hydrogen (secondary N) is 1. The fourth-order valence-corrected chi connectivity index (χ4v) is 1.20. The van der Waals surface area contributed by atoms with Crippen LogP contribution in [-0.4, -0.2) is 37.4 Å². The Kier molecular flexibility index (Phi) is 5.21. The molecule has 0 bridgehead atoms. The summed E-state index contributed by atoms with van der Waals surface area (Å²) in [5.41, 5.74) is 4.07. The first-order valence-electron chi connectivity index (χ1n) is 4.78. The van der Waals surface area contributed by atoms with Crippen molar-refractivity contribution in [2.75, 3.05) is 13.7 Å². The summed E-state index contributed by atoms with van der Waals surface area (Å²) in [6.45, 7) is 1.65. The van der Waals surface area contributed by atoms with Crippen molar-refractivity contribution in [1.29, 1.82) is 0 Å². The highest BCUT2D eigenvalue weighted by molar-refractivity contribution is 5.84. The smallest absolute Gasteiger partial charge is 0.369 e. The molecule has 7 heteroatoms. The third-order valence-corrected chi connectivity index (χ3v) is 2.32. The molecule has 2 atom stereocenters. The Balaban J connectivity index is 4.22. The third kappa shape index (κ3) is 5.32. The minimum Gasteiger partial charge on any atom is -0.369 e. The molecule has 3 N–H and O–H groups in total. The van der Waals surface area contributed by atoms with E-state index in [1.165, 1.54) is 20.9 Å². The number of likely N-dealkylation sites (N-methyl/N-ethyl adjacent to an activating group) is 1. The number of hydrogen-bond acceptors (Lipinski definition) is 3. The van der Waals surface area contributed by atoms with E-state index < -0.39 is 30.3 Å². The van der Waals surface area contributed by atoms with E-state index in [9.17, 15) is 18.0 Å². The summed E-state index contributed by atoms with van der Waals surface area (Å²) >= 11 is 0. The maximum atomic E-state index is 11.9. The number of carbonyl (C=O) groups excluding carboxylic acids is 1. The van der Waals surface area contributed by atoms with Crippen LogP contribution in [0.15, 0.2) is 0 Å². The van der Waals surface area contributed by atoms with Crippen molar-refractivity contribution in [3.63, 3.8) is 0 Å². The topological polar surface area (TPSA) is 64.3 Å². The van der Waals surface area contributed by atoms with Crippen LogP contribution in [0.3, 0.4) is 0 Å². The maximum Gasteiger partial charge on any atom is 0.411 e. The van der Waals surface area contributed by atoms with Crippen molar-refractivity contribution in [3.8, 4) is 0 Å². The molecular weight excluding hydrogens is 225 g/mol. The summed E-state index contributed by atoms with van der Waals surface area (Å²) in [5.74, 6) is -0.627. The number of nitrogens with two attached hydrogens (primary N) is 1. The zero-order chi connectivity index (χ0) is 13.0. The van der Waals surface area contributed by atoms with Crippen LogP contribution in [0.5, 0.6) is 0 Å². The lowest BCUT2D eigenvalue weighted by atomic mass is 9.94. The standard InChI is InChI=1S/C9H17F3N2O2/c1-6(16-5-9(10,11)12)4-8(2,14-3)7(13)15/h6,14H,4-5H2,1-3H3,(H2,13,15). The number of ether oxygens (including phenoxy) is 1. The number of halogens is 3. The lowest BCUT2D eigenvalue weighted by Gasteiger charge is -2.28. The normalized spacial score (nSPS) is 17.9. The molecular formula is C9H17F3N2O2.